The van der Waals surface area contributed by atoms with Crippen LogP contribution in [-0.4, -0.2) is 45.6 Å². The van der Waals surface area contributed by atoms with E-state index in [0.29, 0.717) is 16.8 Å². The van der Waals surface area contributed by atoms with Gasteiger partial charge in [-0.05, 0) is 43.7 Å². The second-order valence-electron chi connectivity index (χ2n) is 6.20. The maximum absolute atomic E-state index is 12.6. The minimum absolute atomic E-state index is 0.0838. The summed E-state index contributed by atoms with van der Waals surface area (Å²) in [5.74, 6) is 0.161. The molecule has 6 nitrogen and oxygen atoms in total. The molecule has 1 aromatic heterocycles. The zero-order chi connectivity index (χ0) is 16.4. The molecule has 6 heteroatoms. The number of amides is 1. The Bertz CT molecular complexity index is 763. The van der Waals surface area contributed by atoms with Crippen LogP contribution in [-0.2, 0) is 0 Å². The monoisotopic (exact) mass is 315 g/mol. The van der Waals surface area contributed by atoms with Crippen LogP contribution in [0.2, 0.25) is 0 Å². The zero-order valence-electron chi connectivity index (χ0n) is 13.2. The third-order valence-corrected chi connectivity index (χ3v) is 4.76. The van der Waals surface area contributed by atoms with E-state index in [1.807, 2.05) is 0 Å². The molecule has 0 spiro atoms. The van der Waals surface area contributed by atoms with E-state index in [1.54, 1.807) is 36.2 Å². The number of H-pyrrole nitrogens is 1. The number of aliphatic hydroxyl groups is 1. The Morgan fingerprint density at radius 1 is 1.30 bits per heavy atom. The van der Waals surface area contributed by atoms with Crippen LogP contribution in [0.1, 0.15) is 36.3 Å². The molecule has 3 rings (SSSR count). The summed E-state index contributed by atoms with van der Waals surface area (Å²) in [7, 11) is 1.75. The Morgan fingerprint density at radius 2 is 2.00 bits per heavy atom. The summed E-state index contributed by atoms with van der Waals surface area (Å²) in [5, 5.41) is 9.69. The lowest BCUT2D eigenvalue weighted by atomic mass is 9.86. The lowest BCUT2D eigenvalue weighted by Gasteiger charge is -2.33. The first kappa shape index (κ1) is 15.7. The van der Waals surface area contributed by atoms with E-state index < -0.39 is 0 Å². The number of nitrogens with zero attached hydrogens (tertiary/aromatic N) is 2. The van der Waals surface area contributed by atoms with Crippen LogP contribution in [0.5, 0.6) is 0 Å². The molecule has 23 heavy (non-hydrogen) atoms. The molecule has 0 radical (unpaired) electrons. The molecule has 0 bridgehead atoms. The first-order valence-corrected chi connectivity index (χ1v) is 7.97. The van der Waals surface area contributed by atoms with Crippen molar-refractivity contribution in [1.82, 2.24) is 14.9 Å². The van der Waals surface area contributed by atoms with Crippen LogP contribution < -0.4 is 5.56 Å². The Balaban J connectivity index is 1.81. The van der Waals surface area contributed by atoms with Crippen molar-refractivity contribution in [3.8, 4) is 0 Å². The number of para-hydroxylation sites is 1. The number of carbonyl (C=O) groups is 1. The van der Waals surface area contributed by atoms with Crippen LogP contribution in [0.3, 0.4) is 0 Å². The molecular formula is C17H21N3O3. The van der Waals surface area contributed by atoms with Gasteiger partial charge in [-0.25, -0.2) is 4.98 Å². The van der Waals surface area contributed by atoms with Crippen LogP contribution in [0.25, 0.3) is 10.9 Å². The lowest BCUT2D eigenvalue weighted by molar-refractivity contribution is 0.0641. The van der Waals surface area contributed by atoms with Crippen LogP contribution >= 0.6 is 0 Å². The van der Waals surface area contributed by atoms with E-state index in [4.69, 9.17) is 0 Å². The van der Waals surface area contributed by atoms with Gasteiger partial charge in [0.15, 0.2) is 5.82 Å². The van der Waals surface area contributed by atoms with Crippen molar-refractivity contribution < 1.29 is 9.90 Å². The number of nitrogens with one attached hydrogen (secondary N) is 1. The average Bonchev–Trinajstić information content (AvgIpc) is 2.60. The third kappa shape index (κ3) is 3.12. The average molecular weight is 315 g/mol. The van der Waals surface area contributed by atoms with Gasteiger partial charge in [-0.3, -0.25) is 9.59 Å². The molecule has 2 aromatic rings. The van der Waals surface area contributed by atoms with Gasteiger partial charge in [0.25, 0.3) is 11.5 Å². The van der Waals surface area contributed by atoms with E-state index in [1.165, 1.54) is 0 Å². The number of carbonyl (C=O) groups excluding carboxylic acids is 1. The molecule has 1 aliphatic rings. The fourth-order valence-electron chi connectivity index (χ4n) is 3.24. The molecule has 122 valence electrons. The second-order valence-corrected chi connectivity index (χ2v) is 6.20. The molecule has 1 heterocycles. The van der Waals surface area contributed by atoms with Gasteiger partial charge in [-0.2, -0.15) is 0 Å². The van der Waals surface area contributed by atoms with E-state index in [0.717, 1.165) is 25.7 Å². The zero-order valence-corrected chi connectivity index (χ0v) is 13.2. The maximum Gasteiger partial charge on any atom is 0.289 e. The van der Waals surface area contributed by atoms with E-state index in [-0.39, 0.29) is 29.9 Å². The van der Waals surface area contributed by atoms with Crippen LogP contribution in [0.4, 0.5) is 0 Å². The number of rotatable bonds is 3. The molecule has 1 amide bonds. The molecule has 1 aromatic carbocycles. The maximum atomic E-state index is 12.6. The highest BCUT2D eigenvalue weighted by Gasteiger charge is 2.27. The van der Waals surface area contributed by atoms with Crippen LogP contribution in [0, 0.1) is 5.92 Å². The summed E-state index contributed by atoms with van der Waals surface area (Å²) in [4.78, 5) is 33.3. The first-order chi connectivity index (χ1) is 11.1. The number of fused-ring (bicyclic) bond motifs is 1. The predicted octanol–water partition coefficient (Wildman–Crippen LogP) is 1.55. The van der Waals surface area contributed by atoms with Gasteiger partial charge < -0.3 is 15.0 Å². The van der Waals surface area contributed by atoms with Gasteiger partial charge in [0.2, 0.25) is 0 Å². The fraction of sp³-hybridized carbons (Fsp3) is 0.471. The summed E-state index contributed by atoms with van der Waals surface area (Å²) in [6.45, 7) is 0.212. The highest BCUT2D eigenvalue weighted by atomic mass is 16.3. The minimum atomic E-state index is -0.295. The summed E-state index contributed by atoms with van der Waals surface area (Å²) in [6.07, 6.45) is 3.57. The number of hydrogen-bond acceptors (Lipinski definition) is 4. The van der Waals surface area contributed by atoms with E-state index in [2.05, 4.69) is 9.97 Å². The molecule has 2 N–H and O–H groups in total. The van der Waals surface area contributed by atoms with Crippen molar-refractivity contribution in [2.75, 3.05) is 13.7 Å². The van der Waals surface area contributed by atoms with E-state index in [9.17, 15) is 14.7 Å². The summed E-state index contributed by atoms with van der Waals surface area (Å²) < 4.78 is 0. The van der Waals surface area contributed by atoms with Crippen molar-refractivity contribution in [2.24, 2.45) is 5.92 Å². The molecular weight excluding hydrogens is 294 g/mol. The highest BCUT2D eigenvalue weighted by molar-refractivity contribution is 5.92. The molecule has 0 atom stereocenters. The third-order valence-electron chi connectivity index (χ3n) is 4.76. The lowest BCUT2D eigenvalue weighted by Crippen LogP contribution is -2.41. The van der Waals surface area contributed by atoms with Crippen molar-refractivity contribution in [3.05, 3.63) is 40.4 Å². The quantitative estimate of drug-likeness (QED) is 0.899. The largest absolute Gasteiger partial charge is 0.396 e. The fourth-order valence-corrected chi connectivity index (χ4v) is 3.24. The number of aliphatic hydroxyl groups excluding tert-OH is 1. The van der Waals surface area contributed by atoms with Gasteiger partial charge in [0.05, 0.1) is 10.9 Å². The van der Waals surface area contributed by atoms with Gasteiger partial charge in [0, 0.05) is 19.7 Å². The normalized spacial score (nSPS) is 21.3. The number of hydrogen-bond donors (Lipinski definition) is 2. The second kappa shape index (κ2) is 6.50. The van der Waals surface area contributed by atoms with Gasteiger partial charge in [0.1, 0.15) is 0 Å². The molecule has 1 aliphatic carbocycles. The molecule has 0 unspecified atom stereocenters. The van der Waals surface area contributed by atoms with Crippen molar-refractivity contribution in [1.29, 1.82) is 0 Å². The predicted molar refractivity (Wildman–Crippen MR) is 87.3 cm³/mol. The molecule has 1 saturated carbocycles. The summed E-state index contributed by atoms with van der Waals surface area (Å²) >= 11 is 0. The SMILES string of the molecule is CN(C(=O)c1nc2ccccc2c(=O)[nH]1)C1CCC(CO)CC1. The van der Waals surface area contributed by atoms with Gasteiger partial charge >= 0.3 is 0 Å². The minimum Gasteiger partial charge on any atom is -0.396 e. The Hall–Kier alpha value is -2.21. The Kier molecular flexibility index (Phi) is 4.43. The van der Waals surface area contributed by atoms with Crippen LogP contribution in [0.15, 0.2) is 29.1 Å². The first-order valence-electron chi connectivity index (χ1n) is 7.97. The van der Waals surface area contributed by atoms with Crippen molar-refractivity contribution >= 4 is 16.8 Å². The van der Waals surface area contributed by atoms with Gasteiger partial charge in [-0.1, -0.05) is 12.1 Å². The Morgan fingerprint density at radius 3 is 2.70 bits per heavy atom. The summed E-state index contributed by atoms with van der Waals surface area (Å²) in [6, 6.07) is 7.11. The Labute approximate surface area is 134 Å². The number of aromatic amines is 1. The van der Waals surface area contributed by atoms with E-state index >= 15 is 0 Å². The van der Waals surface area contributed by atoms with Crippen molar-refractivity contribution in [3.63, 3.8) is 0 Å². The topological polar surface area (TPSA) is 86.3 Å². The number of benzene rings is 1. The highest BCUT2D eigenvalue weighted by Crippen LogP contribution is 2.27. The van der Waals surface area contributed by atoms with Crippen molar-refractivity contribution in [2.45, 2.75) is 31.7 Å². The smallest absolute Gasteiger partial charge is 0.289 e. The standard InChI is InChI=1S/C17H21N3O3/c1-20(12-8-6-11(10-21)7-9-12)17(23)15-18-14-5-3-2-4-13(14)16(22)19-15/h2-5,11-12,21H,6-10H2,1H3,(H,18,19,22). The summed E-state index contributed by atoms with van der Waals surface area (Å²) in [5.41, 5.74) is 0.230. The molecule has 1 fully saturated rings. The molecule has 0 saturated heterocycles. The molecule has 0 aliphatic heterocycles. The number of aromatic nitrogens is 2. The van der Waals surface area contributed by atoms with Gasteiger partial charge in [-0.15, -0.1) is 0 Å².